The first kappa shape index (κ1) is 23.7. The number of thiazole rings is 1. The Bertz CT molecular complexity index is 1220. The number of hydrogen-bond donors (Lipinski definition) is 1. The number of piperazine rings is 1. The summed E-state index contributed by atoms with van der Waals surface area (Å²) in [6.07, 6.45) is 0. The van der Waals surface area contributed by atoms with Crippen molar-refractivity contribution >= 4 is 54.0 Å². The molecule has 2 heterocycles. The number of aromatic nitrogens is 1. The predicted molar refractivity (Wildman–Crippen MR) is 131 cm³/mol. The summed E-state index contributed by atoms with van der Waals surface area (Å²) in [5, 5.41) is 4.16. The third kappa shape index (κ3) is 5.94. The number of halogens is 1. The monoisotopic (exact) mass is 508 g/mol. The zero-order valence-electron chi connectivity index (χ0n) is 18.2. The van der Waals surface area contributed by atoms with E-state index in [1.165, 1.54) is 24.3 Å². The largest absolute Gasteiger partial charge is 0.497 e. The van der Waals surface area contributed by atoms with Crippen molar-refractivity contribution in [1.29, 1.82) is 0 Å². The van der Waals surface area contributed by atoms with E-state index >= 15 is 0 Å². The topological polar surface area (TPSA) is 91.8 Å². The van der Waals surface area contributed by atoms with Crippen molar-refractivity contribution in [3.8, 4) is 5.75 Å². The maximum atomic E-state index is 12.4. The molecule has 4 rings (SSSR count). The lowest BCUT2D eigenvalue weighted by molar-refractivity contribution is -0.118. The fourth-order valence-electron chi connectivity index (χ4n) is 3.62. The van der Waals surface area contributed by atoms with E-state index in [1.54, 1.807) is 18.4 Å². The fraction of sp³-hybridized carbons (Fsp3) is 0.364. The highest BCUT2D eigenvalue weighted by molar-refractivity contribution is 7.92. The average molecular weight is 509 g/mol. The number of carbonyl (C=O) groups excluding carboxylic acids is 1. The van der Waals surface area contributed by atoms with Crippen LogP contribution in [0, 0.1) is 0 Å². The molecule has 1 aromatic heterocycles. The lowest BCUT2D eigenvalue weighted by atomic mass is 10.3. The third-order valence-electron chi connectivity index (χ3n) is 5.47. The number of amides is 1. The van der Waals surface area contributed by atoms with E-state index in [0.29, 0.717) is 18.1 Å². The van der Waals surface area contributed by atoms with Gasteiger partial charge < -0.3 is 15.0 Å². The van der Waals surface area contributed by atoms with Gasteiger partial charge in [-0.25, -0.2) is 13.4 Å². The molecule has 0 radical (unpaired) electrons. The zero-order valence-corrected chi connectivity index (χ0v) is 20.5. The molecule has 1 amide bonds. The second-order valence-electron chi connectivity index (χ2n) is 7.72. The van der Waals surface area contributed by atoms with Gasteiger partial charge in [-0.15, -0.1) is 0 Å². The van der Waals surface area contributed by atoms with Gasteiger partial charge in [0.2, 0.25) is 5.91 Å². The summed E-state index contributed by atoms with van der Waals surface area (Å²) in [5.41, 5.74) is 0.967. The molecule has 1 saturated heterocycles. The fourth-order valence-corrected chi connectivity index (χ4v) is 5.96. The molecule has 33 heavy (non-hydrogen) atoms. The number of carbonyl (C=O) groups is 1. The van der Waals surface area contributed by atoms with E-state index in [0.717, 1.165) is 47.3 Å². The van der Waals surface area contributed by atoms with Crippen LogP contribution in [-0.2, 0) is 14.6 Å². The number of nitrogens with one attached hydrogen (secondary N) is 1. The molecule has 0 atom stereocenters. The Morgan fingerprint density at radius 2 is 1.88 bits per heavy atom. The summed E-state index contributed by atoms with van der Waals surface area (Å²) >= 11 is 7.45. The van der Waals surface area contributed by atoms with Crippen molar-refractivity contribution in [2.24, 2.45) is 0 Å². The first-order valence-electron chi connectivity index (χ1n) is 10.5. The number of sulfone groups is 1. The highest BCUT2D eigenvalue weighted by Crippen LogP contribution is 2.31. The number of fused-ring (bicyclic) bond motifs is 1. The van der Waals surface area contributed by atoms with Gasteiger partial charge in [0, 0.05) is 44.3 Å². The van der Waals surface area contributed by atoms with Gasteiger partial charge in [0.05, 0.1) is 22.2 Å². The quantitative estimate of drug-likeness (QED) is 0.500. The molecule has 1 aliphatic rings. The van der Waals surface area contributed by atoms with Gasteiger partial charge in [0.25, 0.3) is 0 Å². The molecule has 0 unspecified atom stereocenters. The van der Waals surface area contributed by atoms with Crippen molar-refractivity contribution in [3.63, 3.8) is 0 Å². The van der Waals surface area contributed by atoms with Crippen LogP contribution in [0.15, 0.2) is 47.4 Å². The van der Waals surface area contributed by atoms with Crippen LogP contribution in [0.25, 0.3) is 10.2 Å². The summed E-state index contributed by atoms with van der Waals surface area (Å²) in [6, 6.07) is 11.7. The van der Waals surface area contributed by atoms with Crippen LogP contribution in [0.2, 0.25) is 5.02 Å². The first-order valence-corrected chi connectivity index (χ1v) is 13.4. The van der Waals surface area contributed by atoms with Crippen LogP contribution < -0.4 is 15.0 Å². The number of methoxy groups -OCH3 is 1. The standard InChI is InChI=1S/C22H25ClN4O4S2/c1-31-17-4-7-19-20(14-17)32-22(25-19)27-12-10-26(11-13-27)9-8-24-21(28)15-33(29,30)18-5-2-16(23)3-6-18/h2-7,14H,8-13,15H2,1H3,(H,24,28). The second-order valence-corrected chi connectivity index (χ2v) is 11.2. The Morgan fingerprint density at radius 3 is 2.58 bits per heavy atom. The van der Waals surface area contributed by atoms with E-state index in [4.69, 9.17) is 21.3 Å². The maximum Gasteiger partial charge on any atom is 0.235 e. The number of hydrogen-bond acceptors (Lipinski definition) is 8. The second kappa shape index (κ2) is 10.3. The molecule has 1 aliphatic heterocycles. The molecule has 0 aliphatic carbocycles. The molecule has 0 saturated carbocycles. The first-order chi connectivity index (χ1) is 15.8. The number of ether oxygens (including phenoxy) is 1. The Labute approximate surface area is 202 Å². The van der Waals surface area contributed by atoms with E-state index < -0.39 is 21.5 Å². The lowest BCUT2D eigenvalue weighted by Crippen LogP contribution is -2.48. The van der Waals surface area contributed by atoms with Gasteiger partial charge >= 0.3 is 0 Å². The van der Waals surface area contributed by atoms with Gasteiger partial charge in [-0.05, 0) is 42.5 Å². The smallest absolute Gasteiger partial charge is 0.235 e. The van der Waals surface area contributed by atoms with Gasteiger partial charge in [-0.3, -0.25) is 9.69 Å². The van der Waals surface area contributed by atoms with Crippen LogP contribution in [0.3, 0.4) is 0 Å². The molecule has 1 fully saturated rings. The van der Waals surface area contributed by atoms with Crippen LogP contribution >= 0.6 is 22.9 Å². The normalized spacial score (nSPS) is 15.0. The van der Waals surface area contributed by atoms with Crippen molar-refractivity contribution in [2.75, 3.05) is 57.0 Å². The SMILES string of the molecule is COc1ccc2nc(N3CCN(CCNC(=O)CS(=O)(=O)c4ccc(Cl)cc4)CC3)sc2c1. The summed E-state index contributed by atoms with van der Waals surface area (Å²) in [4.78, 5) is 21.5. The average Bonchev–Trinajstić information content (AvgIpc) is 3.23. The minimum absolute atomic E-state index is 0.0893. The molecule has 2 aromatic carbocycles. The Balaban J connectivity index is 1.22. The number of anilines is 1. The predicted octanol–water partition coefficient (Wildman–Crippen LogP) is 2.67. The summed E-state index contributed by atoms with van der Waals surface area (Å²) < 4.78 is 31.1. The Hall–Kier alpha value is -2.40. The van der Waals surface area contributed by atoms with Gasteiger partial charge in [-0.1, -0.05) is 22.9 Å². The highest BCUT2D eigenvalue weighted by atomic mass is 35.5. The molecular weight excluding hydrogens is 484 g/mol. The molecule has 0 bridgehead atoms. The van der Waals surface area contributed by atoms with Gasteiger partial charge in [0.1, 0.15) is 11.5 Å². The summed E-state index contributed by atoms with van der Waals surface area (Å²) in [6.45, 7) is 4.44. The van der Waals surface area contributed by atoms with Crippen LogP contribution in [0.5, 0.6) is 5.75 Å². The van der Waals surface area contributed by atoms with E-state index in [2.05, 4.69) is 15.1 Å². The molecule has 176 valence electrons. The third-order valence-corrected chi connectivity index (χ3v) is 8.43. The number of nitrogens with zero attached hydrogens (tertiary/aromatic N) is 3. The van der Waals surface area contributed by atoms with Crippen LogP contribution in [0.4, 0.5) is 5.13 Å². The minimum atomic E-state index is -3.69. The summed E-state index contributed by atoms with van der Waals surface area (Å²) in [5.74, 6) is -0.260. The molecule has 11 heteroatoms. The lowest BCUT2D eigenvalue weighted by Gasteiger charge is -2.34. The maximum absolute atomic E-state index is 12.4. The van der Waals surface area contributed by atoms with Crippen molar-refractivity contribution in [3.05, 3.63) is 47.5 Å². The van der Waals surface area contributed by atoms with Crippen LogP contribution in [-0.4, -0.2) is 76.3 Å². The molecule has 0 spiro atoms. The van der Waals surface area contributed by atoms with E-state index in [-0.39, 0.29) is 4.90 Å². The summed E-state index contributed by atoms with van der Waals surface area (Å²) in [7, 11) is -2.03. The number of benzene rings is 2. The molecule has 8 nitrogen and oxygen atoms in total. The van der Waals surface area contributed by atoms with Gasteiger partial charge in [-0.2, -0.15) is 0 Å². The van der Waals surface area contributed by atoms with Crippen molar-refractivity contribution < 1.29 is 17.9 Å². The van der Waals surface area contributed by atoms with E-state index in [1.807, 2.05) is 18.2 Å². The Morgan fingerprint density at radius 1 is 1.15 bits per heavy atom. The Kier molecular flexibility index (Phi) is 7.38. The van der Waals surface area contributed by atoms with Crippen molar-refractivity contribution in [2.45, 2.75) is 4.90 Å². The highest BCUT2D eigenvalue weighted by Gasteiger charge is 2.21. The van der Waals surface area contributed by atoms with Crippen molar-refractivity contribution in [1.82, 2.24) is 15.2 Å². The molecule has 3 aromatic rings. The zero-order chi connectivity index (χ0) is 23.4. The van der Waals surface area contributed by atoms with E-state index in [9.17, 15) is 13.2 Å². The van der Waals surface area contributed by atoms with Crippen LogP contribution in [0.1, 0.15) is 0 Å². The molecular formula is C22H25ClN4O4S2. The molecule has 1 N–H and O–H groups in total. The number of rotatable bonds is 8. The van der Waals surface area contributed by atoms with Gasteiger partial charge in [0.15, 0.2) is 15.0 Å². The minimum Gasteiger partial charge on any atom is -0.497 e.